The molecule has 9 heteroatoms. The topological polar surface area (TPSA) is 6.48 Å². The smallest absolute Gasteiger partial charge is 2.00 e. The Bertz CT molecular complexity index is 312. The molecule has 0 bridgehead atoms. The summed E-state index contributed by atoms with van der Waals surface area (Å²) in [4.78, 5) is 4.22. The van der Waals surface area contributed by atoms with Crippen molar-refractivity contribution in [1.82, 2.24) is 9.80 Å². The van der Waals surface area contributed by atoms with Crippen LogP contribution in [0.15, 0.2) is 0 Å². The minimum Gasteiger partial charge on any atom is -2.00 e. The predicted molar refractivity (Wildman–Crippen MR) is 137 cm³/mol. The van der Waals surface area contributed by atoms with Gasteiger partial charge in [-0.05, 0) is 23.7 Å². The van der Waals surface area contributed by atoms with E-state index in [1.165, 1.54) is 0 Å². The van der Waals surface area contributed by atoms with Gasteiger partial charge in [0.1, 0.15) is 0 Å². The van der Waals surface area contributed by atoms with Crippen LogP contribution in [0.2, 0.25) is 0 Å². The Kier molecular flexibility index (Phi) is 32.3. The molecule has 0 aromatic carbocycles. The van der Waals surface area contributed by atoms with Crippen LogP contribution >= 0.6 is 24.4 Å². The number of rotatable bonds is 8. The van der Waals surface area contributed by atoms with Gasteiger partial charge in [-0.25, -0.2) is 0 Å². The Hall–Kier alpha value is 1.61. The van der Waals surface area contributed by atoms with E-state index in [2.05, 4.69) is 65.2 Å². The third-order valence-electron chi connectivity index (χ3n) is 2.86. The van der Waals surface area contributed by atoms with Crippen LogP contribution in [0.3, 0.4) is 0 Å². The first kappa shape index (κ1) is 39.1. The first-order chi connectivity index (χ1) is 10.9. The molecule has 0 heterocycles. The Morgan fingerprint density at radius 1 is 0.593 bits per heavy atom. The molecule has 0 N–H and O–H groups in total. The van der Waals surface area contributed by atoms with Crippen molar-refractivity contribution >= 4 is 85.3 Å². The van der Waals surface area contributed by atoms with Gasteiger partial charge >= 0.3 is 21.1 Å². The molecule has 0 aliphatic carbocycles. The molecule has 0 atom stereocenters. The summed E-state index contributed by atoms with van der Waals surface area (Å²) in [5.41, 5.74) is 0. The van der Waals surface area contributed by atoms with E-state index in [1.807, 2.05) is 0 Å². The number of thiocarbonyl (C=S) groups is 2. The second kappa shape index (κ2) is 22.3. The molecule has 0 aromatic rings. The van der Waals surface area contributed by atoms with Gasteiger partial charge in [0.15, 0.2) is 0 Å². The van der Waals surface area contributed by atoms with Crippen molar-refractivity contribution in [2.24, 2.45) is 23.7 Å². The standard InChI is InChI=1S/2C9H19NS2.Mo.2S/c2*1-7(2)5-10(9(11)12)6-8(3)4;;;/h2*7-8H,5-6H2,1-4H3,(H,11,12);;;/q;;+6;2*-2/p-2. The van der Waals surface area contributed by atoms with E-state index in [4.69, 9.17) is 49.7 Å². The average Bonchev–Trinajstić information content (AvgIpc) is 2.35. The molecule has 0 spiro atoms. The summed E-state index contributed by atoms with van der Waals surface area (Å²) in [7, 11) is 0. The molecule has 0 rings (SSSR count). The van der Waals surface area contributed by atoms with Gasteiger partial charge in [-0.1, -0.05) is 64.0 Å². The van der Waals surface area contributed by atoms with Crippen LogP contribution in [-0.2, 0) is 73.3 Å². The third-order valence-corrected chi connectivity index (χ3v) is 3.89. The van der Waals surface area contributed by atoms with E-state index in [0.29, 0.717) is 32.3 Å². The van der Waals surface area contributed by atoms with Crippen molar-refractivity contribution in [3.63, 3.8) is 0 Å². The molecule has 27 heavy (non-hydrogen) atoms. The first-order valence-electron chi connectivity index (χ1n) is 8.78. The molecule has 0 saturated carbocycles. The Morgan fingerprint density at radius 3 is 0.815 bits per heavy atom. The summed E-state index contributed by atoms with van der Waals surface area (Å²) in [5, 5.41) is 0. The van der Waals surface area contributed by atoms with Crippen LogP contribution in [0.5, 0.6) is 0 Å². The number of nitrogens with zero attached hydrogens (tertiary/aromatic N) is 2. The Morgan fingerprint density at radius 2 is 0.741 bits per heavy atom. The van der Waals surface area contributed by atoms with Crippen LogP contribution in [0.25, 0.3) is 0 Å². The first-order valence-corrected chi connectivity index (χ1v) is 10.4. The second-order valence-corrected chi connectivity index (χ2v) is 9.98. The van der Waals surface area contributed by atoms with Gasteiger partial charge in [0.25, 0.3) is 0 Å². The second-order valence-electron chi connectivity index (χ2n) is 7.92. The van der Waals surface area contributed by atoms with E-state index in [1.54, 1.807) is 0 Å². The fraction of sp³-hybridized carbons (Fsp3) is 0.889. The molecule has 0 unspecified atom stereocenters. The van der Waals surface area contributed by atoms with Gasteiger partial charge in [0.2, 0.25) is 0 Å². The quantitative estimate of drug-likeness (QED) is 0.233. The summed E-state index contributed by atoms with van der Waals surface area (Å²) in [6.07, 6.45) is 0. The minimum atomic E-state index is 0. The molecular formula is C18H36MoN2S6. The molecular weight excluding hydrogens is 533 g/mol. The van der Waals surface area contributed by atoms with Crippen molar-refractivity contribution in [2.45, 2.75) is 55.4 Å². The fourth-order valence-corrected chi connectivity index (χ4v) is 2.81. The van der Waals surface area contributed by atoms with Crippen molar-refractivity contribution in [3.8, 4) is 0 Å². The molecule has 0 aromatic heterocycles. The largest absolute Gasteiger partial charge is 6.00 e. The van der Waals surface area contributed by atoms with E-state index >= 15 is 0 Å². The van der Waals surface area contributed by atoms with E-state index in [9.17, 15) is 0 Å². The summed E-state index contributed by atoms with van der Waals surface area (Å²) in [6, 6.07) is 0. The van der Waals surface area contributed by atoms with E-state index < -0.39 is 0 Å². The minimum absolute atomic E-state index is 0. The SMILES string of the molecule is CC(C)CN(CC(C)C)C(=S)[S-].CC(C)CN(CC(C)C)C(=S)[S-].[Mo+6].[S-2].[S-2]. The fourth-order valence-electron chi connectivity index (χ4n) is 2.21. The van der Waals surface area contributed by atoms with Gasteiger partial charge in [-0.2, -0.15) is 0 Å². The van der Waals surface area contributed by atoms with Crippen LogP contribution in [-0.4, -0.2) is 44.6 Å². The van der Waals surface area contributed by atoms with Crippen LogP contribution in [0, 0.1) is 23.7 Å². The molecule has 0 amide bonds. The molecule has 0 fully saturated rings. The van der Waals surface area contributed by atoms with Crippen LogP contribution in [0.4, 0.5) is 0 Å². The van der Waals surface area contributed by atoms with Gasteiger partial charge in [0.05, 0.1) is 0 Å². The van der Waals surface area contributed by atoms with Gasteiger partial charge in [-0.3, -0.25) is 0 Å². The maximum absolute atomic E-state index is 4.99. The summed E-state index contributed by atoms with van der Waals surface area (Å²) in [6.45, 7) is 21.4. The summed E-state index contributed by atoms with van der Waals surface area (Å²) < 4.78 is 1.22. The van der Waals surface area contributed by atoms with Gasteiger partial charge in [-0.15, -0.1) is 0 Å². The van der Waals surface area contributed by atoms with Crippen molar-refractivity contribution in [1.29, 1.82) is 0 Å². The zero-order valence-corrected chi connectivity index (χ0v) is 24.8. The van der Waals surface area contributed by atoms with Gasteiger partial charge in [0, 0.05) is 26.2 Å². The Labute approximate surface area is 219 Å². The Balaban J connectivity index is -0.000000108. The van der Waals surface area contributed by atoms with Crippen LogP contribution in [0.1, 0.15) is 55.4 Å². The van der Waals surface area contributed by atoms with Crippen molar-refractivity contribution in [3.05, 3.63) is 0 Å². The monoisotopic (exact) mass is 570 g/mol. The zero-order chi connectivity index (χ0) is 19.4. The molecule has 0 aliphatic rings. The van der Waals surface area contributed by atoms with Crippen LogP contribution < -0.4 is 0 Å². The molecule has 160 valence electrons. The molecule has 0 saturated heterocycles. The number of hydrogen-bond donors (Lipinski definition) is 0. The molecule has 0 aliphatic heterocycles. The zero-order valence-electron chi connectivity index (χ0n) is 17.9. The summed E-state index contributed by atoms with van der Waals surface area (Å²) in [5.74, 6) is 2.52. The van der Waals surface area contributed by atoms with Gasteiger partial charge < -0.3 is 86.5 Å². The van der Waals surface area contributed by atoms with E-state index in [-0.39, 0.29) is 48.1 Å². The molecule has 2 nitrogen and oxygen atoms in total. The number of hydrogen-bond acceptors (Lipinski definition) is 4. The predicted octanol–water partition coefficient (Wildman–Crippen LogP) is 4.86. The van der Waals surface area contributed by atoms with Crippen molar-refractivity contribution < 1.29 is 21.1 Å². The normalized spacial score (nSPS) is 9.63. The third kappa shape index (κ3) is 27.6. The van der Waals surface area contributed by atoms with Crippen molar-refractivity contribution in [2.75, 3.05) is 26.2 Å². The molecule has 0 radical (unpaired) electrons. The summed E-state index contributed by atoms with van der Waals surface area (Å²) >= 11 is 20.0. The maximum Gasteiger partial charge on any atom is 6.00 e. The maximum atomic E-state index is 4.99. The average molecular weight is 569 g/mol. The van der Waals surface area contributed by atoms with E-state index in [0.717, 1.165) is 26.2 Å².